The van der Waals surface area contributed by atoms with E-state index in [1.54, 1.807) is 6.92 Å². The molecule has 4 heteroatoms. The zero-order valence-electron chi connectivity index (χ0n) is 13.0. The Morgan fingerprint density at radius 1 is 1.05 bits per heavy atom. The zero-order chi connectivity index (χ0) is 15.9. The Labute approximate surface area is 125 Å². The van der Waals surface area contributed by atoms with Crippen molar-refractivity contribution in [1.29, 1.82) is 0 Å². The minimum absolute atomic E-state index is 0.168. The summed E-state index contributed by atoms with van der Waals surface area (Å²) >= 11 is 0. The van der Waals surface area contributed by atoms with Crippen LogP contribution in [0.5, 0.6) is 0 Å². The second-order valence-corrected chi connectivity index (χ2v) is 5.73. The summed E-state index contributed by atoms with van der Waals surface area (Å²) < 4.78 is 37.9. The maximum atomic E-state index is 12.6. The summed E-state index contributed by atoms with van der Waals surface area (Å²) in [5, 5.41) is 0. The molecule has 1 atom stereocenters. The number of hydrogen-bond acceptors (Lipinski definition) is 1. The van der Waals surface area contributed by atoms with E-state index in [0.29, 0.717) is 5.56 Å². The fourth-order valence-electron chi connectivity index (χ4n) is 2.57. The number of hydrogen-bond donors (Lipinski definition) is 1. The second kappa shape index (κ2) is 8.42. The van der Waals surface area contributed by atoms with Gasteiger partial charge in [0.15, 0.2) is 0 Å². The molecule has 0 aromatic heterocycles. The van der Waals surface area contributed by atoms with Crippen LogP contribution in [0.4, 0.5) is 13.2 Å². The largest absolute Gasteiger partial charge is 0.416 e. The van der Waals surface area contributed by atoms with Gasteiger partial charge >= 0.3 is 6.18 Å². The van der Waals surface area contributed by atoms with Crippen LogP contribution in [0.1, 0.15) is 74.6 Å². The van der Waals surface area contributed by atoms with E-state index in [1.807, 2.05) is 0 Å². The molecule has 0 saturated heterocycles. The van der Waals surface area contributed by atoms with Crippen molar-refractivity contribution in [2.45, 2.75) is 71.0 Å². The third-order valence-electron chi connectivity index (χ3n) is 3.87. The molecule has 0 aliphatic rings. The van der Waals surface area contributed by atoms with Crippen LogP contribution in [0.2, 0.25) is 0 Å². The van der Waals surface area contributed by atoms with Crippen LogP contribution in [0.25, 0.3) is 0 Å². The third-order valence-corrected chi connectivity index (χ3v) is 3.87. The minimum atomic E-state index is -4.29. The Balaban J connectivity index is 2.49. The van der Waals surface area contributed by atoms with E-state index in [9.17, 15) is 13.2 Å². The van der Waals surface area contributed by atoms with E-state index in [-0.39, 0.29) is 6.04 Å². The number of unbranched alkanes of at least 4 members (excludes halogenated alkanes) is 5. The molecule has 2 N–H and O–H groups in total. The Bertz CT molecular complexity index is 427. The monoisotopic (exact) mass is 301 g/mol. The summed E-state index contributed by atoms with van der Waals surface area (Å²) in [7, 11) is 0. The van der Waals surface area contributed by atoms with Gasteiger partial charge in [-0.2, -0.15) is 13.2 Å². The summed E-state index contributed by atoms with van der Waals surface area (Å²) in [6.45, 7) is 3.88. The van der Waals surface area contributed by atoms with Gasteiger partial charge in [-0.25, -0.2) is 0 Å². The van der Waals surface area contributed by atoms with Crippen LogP contribution in [0.15, 0.2) is 18.2 Å². The zero-order valence-corrected chi connectivity index (χ0v) is 13.0. The molecular weight excluding hydrogens is 275 g/mol. The van der Waals surface area contributed by atoms with Crippen molar-refractivity contribution in [3.8, 4) is 0 Å². The highest BCUT2D eigenvalue weighted by Gasteiger charge is 2.30. The van der Waals surface area contributed by atoms with Crippen molar-refractivity contribution < 1.29 is 13.2 Å². The molecule has 0 aliphatic carbocycles. The van der Waals surface area contributed by atoms with Gasteiger partial charge in [-0.3, -0.25) is 0 Å². The smallest absolute Gasteiger partial charge is 0.324 e. The number of rotatable bonds is 8. The number of aryl methyl sites for hydroxylation is 1. The number of halogens is 3. The molecule has 0 amide bonds. The molecule has 1 rings (SSSR count). The van der Waals surface area contributed by atoms with Crippen LogP contribution in [-0.4, -0.2) is 0 Å². The molecule has 1 unspecified atom stereocenters. The van der Waals surface area contributed by atoms with E-state index in [0.717, 1.165) is 30.9 Å². The Hall–Kier alpha value is -1.03. The van der Waals surface area contributed by atoms with Crippen LogP contribution >= 0.6 is 0 Å². The van der Waals surface area contributed by atoms with E-state index < -0.39 is 11.7 Å². The summed E-state index contributed by atoms with van der Waals surface area (Å²) in [5.41, 5.74) is 6.97. The molecule has 0 spiro atoms. The van der Waals surface area contributed by atoms with Crippen molar-refractivity contribution in [1.82, 2.24) is 0 Å². The van der Waals surface area contributed by atoms with E-state index in [2.05, 4.69) is 6.92 Å². The maximum absolute atomic E-state index is 12.6. The van der Waals surface area contributed by atoms with Crippen molar-refractivity contribution in [3.05, 3.63) is 34.9 Å². The lowest BCUT2D eigenvalue weighted by atomic mass is 9.95. The lowest BCUT2D eigenvalue weighted by molar-refractivity contribution is -0.137. The first-order valence-electron chi connectivity index (χ1n) is 7.79. The van der Waals surface area contributed by atoms with Crippen molar-refractivity contribution in [2.75, 3.05) is 0 Å². The number of alkyl halides is 3. The molecular formula is C17H26F3N. The SMILES string of the molecule is CCCCCCCCC(N)c1ccc(C(F)(F)F)cc1C. The van der Waals surface area contributed by atoms with Gasteiger partial charge in [-0.05, 0) is 36.6 Å². The summed E-state index contributed by atoms with van der Waals surface area (Å²) in [5.74, 6) is 0. The molecule has 0 heterocycles. The molecule has 1 aromatic rings. The highest BCUT2D eigenvalue weighted by molar-refractivity contribution is 5.34. The van der Waals surface area contributed by atoms with Gasteiger partial charge in [-0.15, -0.1) is 0 Å². The lowest BCUT2D eigenvalue weighted by Crippen LogP contribution is -2.13. The summed E-state index contributed by atoms with van der Waals surface area (Å²) in [6, 6.07) is 3.68. The van der Waals surface area contributed by atoms with Gasteiger partial charge in [-0.1, -0.05) is 51.5 Å². The highest BCUT2D eigenvalue weighted by Crippen LogP contribution is 2.32. The van der Waals surface area contributed by atoms with Gasteiger partial charge in [0, 0.05) is 6.04 Å². The first kappa shape index (κ1) is 18.0. The van der Waals surface area contributed by atoms with Gasteiger partial charge in [0.05, 0.1) is 5.56 Å². The van der Waals surface area contributed by atoms with Crippen LogP contribution in [0.3, 0.4) is 0 Å². The van der Waals surface area contributed by atoms with E-state index in [1.165, 1.54) is 37.8 Å². The standard InChI is InChI=1S/C17H26F3N/c1-3-4-5-6-7-8-9-16(21)15-11-10-14(12-13(15)2)17(18,19)20/h10-12,16H,3-9,21H2,1-2H3. The highest BCUT2D eigenvalue weighted by atomic mass is 19.4. The lowest BCUT2D eigenvalue weighted by Gasteiger charge is -2.16. The van der Waals surface area contributed by atoms with Crippen molar-refractivity contribution in [3.63, 3.8) is 0 Å². The van der Waals surface area contributed by atoms with E-state index >= 15 is 0 Å². The summed E-state index contributed by atoms with van der Waals surface area (Å²) in [4.78, 5) is 0. The Kier molecular flexibility index (Phi) is 7.23. The first-order chi connectivity index (χ1) is 9.86. The summed E-state index contributed by atoms with van der Waals surface area (Å²) in [6.07, 6.45) is 3.69. The molecule has 0 saturated carbocycles. The molecule has 120 valence electrons. The Morgan fingerprint density at radius 2 is 1.67 bits per heavy atom. The van der Waals surface area contributed by atoms with Crippen molar-refractivity contribution in [2.24, 2.45) is 5.73 Å². The number of benzene rings is 1. The molecule has 0 bridgehead atoms. The molecule has 0 radical (unpaired) electrons. The van der Waals surface area contributed by atoms with E-state index in [4.69, 9.17) is 5.73 Å². The molecule has 1 aromatic carbocycles. The number of nitrogens with two attached hydrogens (primary N) is 1. The Morgan fingerprint density at radius 3 is 2.24 bits per heavy atom. The predicted molar refractivity (Wildman–Crippen MR) is 81.1 cm³/mol. The molecule has 0 aliphatic heterocycles. The van der Waals surface area contributed by atoms with Crippen LogP contribution < -0.4 is 5.73 Å². The van der Waals surface area contributed by atoms with Gasteiger partial charge in [0.1, 0.15) is 0 Å². The minimum Gasteiger partial charge on any atom is -0.324 e. The van der Waals surface area contributed by atoms with Gasteiger partial charge in [0.2, 0.25) is 0 Å². The normalized spacial score (nSPS) is 13.4. The van der Waals surface area contributed by atoms with Gasteiger partial charge < -0.3 is 5.73 Å². The predicted octanol–water partition coefficient (Wildman–Crippen LogP) is 5.76. The molecule has 1 nitrogen and oxygen atoms in total. The first-order valence-corrected chi connectivity index (χ1v) is 7.79. The molecule has 0 fully saturated rings. The fraction of sp³-hybridized carbons (Fsp3) is 0.647. The molecule has 21 heavy (non-hydrogen) atoms. The average Bonchev–Trinajstić information content (AvgIpc) is 2.41. The third kappa shape index (κ3) is 6.08. The quantitative estimate of drug-likeness (QED) is 0.606. The topological polar surface area (TPSA) is 26.0 Å². The van der Waals surface area contributed by atoms with Crippen LogP contribution in [-0.2, 0) is 6.18 Å². The average molecular weight is 301 g/mol. The van der Waals surface area contributed by atoms with Crippen LogP contribution in [0, 0.1) is 6.92 Å². The van der Waals surface area contributed by atoms with Crippen molar-refractivity contribution >= 4 is 0 Å². The maximum Gasteiger partial charge on any atom is 0.416 e. The fourth-order valence-corrected chi connectivity index (χ4v) is 2.57. The van der Waals surface area contributed by atoms with Gasteiger partial charge in [0.25, 0.3) is 0 Å². The second-order valence-electron chi connectivity index (χ2n) is 5.73.